The number of benzene rings is 1. The molecular formula is C13H17F2N. The van der Waals surface area contributed by atoms with Gasteiger partial charge in [-0.3, -0.25) is 0 Å². The van der Waals surface area contributed by atoms with E-state index in [9.17, 15) is 8.78 Å². The van der Waals surface area contributed by atoms with E-state index in [1.807, 2.05) is 6.92 Å². The summed E-state index contributed by atoms with van der Waals surface area (Å²) >= 11 is 0. The van der Waals surface area contributed by atoms with Crippen molar-refractivity contribution < 1.29 is 8.78 Å². The van der Waals surface area contributed by atoms with Crippen molar-refractivity contribution in [2.75, 3.05) is 6.54 Å². The van der Waals surface area contributed by atoms with Gasteiger partial charge in [-0.15, -0.1) is 0 Å². The van der Waals surface area contributed by atoms with Crippen molar-refractivity contribution in [1.82, 2.24) is 0 Å². The number of aryl methyl sites for hydroxylation is 1. The number of rotatable bonds is 3. The summed E-state index contributed by atoms with van der Waals surface area (Å²) in [6.45, 7) is 2.34. The van der Waals surface area contributed by atoms with E-state index in [-0.39, 0.29) is 5.41 Å². The fraction of sp³-hybridized carbons (Fsp3) is 0.538. The lowest BCUT2D eigenvalue weighted by Crippen LogP contribution is -2.42. The predicted molar refractivity (Wildman–Crippen MR) is 60.3 cm³/mol. The highest BCUT2D eigenvalue weighted by molar-refractivity contribution is 5.35. The first-order chi connectivity index (χ1) is 7.63. The van der Waals surface area contributed by atoms with Crippen molar-refractivity contribution in [3.63, 3.8) is 0 Å². The van der Waals surface area contributed by atoms with Crippen LogP contribution in [0.3, 0.4) is 0 Å². The van der Waals surface area contributed by atoms with Gasteiger partial charge in [0, 0.05) is 12.0 Å². The smallest absolute Gasteiger partial charge is 0.162 e. The maximum Gasteiger partial charge on any atom is 0.162 e. The molecule has 1 aliphatic rings. The molecule has 0 atom stereocenters. The second kappa shape index (κ2) is 4.13. The molecule has 2 N–H and O–H groups in total. The van der Waals surface area contributed by atoms with E-state index in [1.54, 1.807) is 6.07 Å². The van der Waals surface area contributed by atoms with Gasteiger partial charge < -0.3 is 5.73 Å². The van der Waals surface area contributed by atoms with Gasteiger partial charge in [0.15, 0.2) is 11.6 Å². The monoisotopic (exact) mass is 225 g/mol. The summed E-state index contributed by atoms with van der Waals surface area (Å²) in [6.07, 6.45) is 3.50. The summed E-state index contributed by atoms with van der Waals surface area (Å²) in [5, 5.41) is 0. The molecule has 0 radical (unpaired) electrons. The first kappa shape index (κ1) is 11.5. The van der Waals surface area contributed by atoms with Gasteiger partial charge in [0.25, 0.3) is 0 Å². The van der Waals surface area contributed by atoms with E-state index in [4.69, 9.17) is 5.73 Å². The largest absolute Gasteiger partial charge is 0.330 e. The standard InChI is InChI=1S/C13H17F2N/c1-2-9-6-10(12(15)11(14)7-9)13(8-16)4-3-5-13/h6-7H,2-5,8,16H2,1H3. The molecule has 0 saturated heterocycles. The van der Waals surface area contributed by atoms with Crippen molar-refractivity contribution >= 4 is 0 Å². The fourth-order valence-electron chi connectivity index (χ4n) is 2.42. The number of halogens is 2. The Kier molecular flexibility index (Phi) is 2.98. The maximum atomic E-state index is 13.8. The third-order valence-corrected chi connectivity index (χ3v) is 3.77. The second-order valence-corrected chi connectivity index (χ2v) is 4.63. The van der Waals surface area contributed by atoms with Crippen molar-refractivity contribution in [3.8, 4) is 0 Å². The van der Waals surface area contributed by atoms with Crippen LogP contribution in [-0.2, 0) is 11.8 Å². The molecule has 1 aromatic rings. The summed E-state index contributed by atoms with van der Waals surface area (Å²) in [4.78, 5) is 0. The van der Waals surface area contributed by atoms with E-state index in [0.717, 1.165) is 24.8 Å². The molecule has 0 heterocycles. The first-order valence-electron chi connectivity index (χ1n) is 5.81. The average Bonchev–Trinajstić information content (AvgIpc) is 2.23. The Balaban J connectivity index is 2.50. The van der Waals surface area contributed by atoms with Crippen LogP contribution in [0.4, 0.5) is 8.78 Å². The Hall–Kier alpha value is -0.960. The predicted octanol–water partition coefficient (Wildman–Crippen LogP) is 2.91. The third-order valence-electron chi connectivity index (χ3n) is 3.77. The van der Waals surface area contributed by atoms with Crippen LogP contribution in [0.1, 0.15) is 37.3 Å². The van der Waals surface area contributed by atoms with Crippen LogP contribution < -0.4 is 5.73 Å². The highest BCUT2D eigenvalue weighted by Crippen LogP contribution is 2.44. The lowest BCUT2D eigenvalue weighted by Gasteiger charge is -2.41. The van der Waals surface area contributed by atoms with Gasteiger partial charge in [-0.1, -0.05) is 19.4 Å². The molecule has 16 heavy (non-hydrogen) atoms. The Morgan fingerprint density at radius 3 is 2.44 bits per heavy atom. The molecule has 1 aliphatic carbocycles. The zero-order chi connectivity index (χ0) is 11.8. The number of nitrogens with two attached hydrogens (primary N) is 1. The van der Waals surface area contributed by atoms with Gasteiger partial charge in [0.2, 0.25) is 0 Å². The SMILES string of the molecule is CCc1cc(F)c(F)c(C2(CN)CCC2)c1. The summed E-state index contributed by atoms with van der Waals surface area (Å²) in [5.41, 5.74) is 6.74. The van der Waals surface area contributed by atoms with E-state index in [1.165, 1.54) is 6.07 Å². The van der Waals surface area contributed by atoms with Gasteiger partial charge in [-0.2, -0.15) is 0 Å². The molecular weight excluding hydrogens is 208 g/mol. The minimum absolute atomic E-state index is 0.309. The van der Waals surface area contributed by atoms with Crippen molar-refractivity contribution in [2.45, 2.75) is 38.0 Å². The molecule has 0 aliphatic heterocycles. The Morgan fingerprint density at radius 1 is 1.31 bits per heavy atom. The number of hydrogen-bond donors (Lipinski definition) is 1. The molecule has 0 amide bonds. The minimum Gasteiger partial charge on any atom is -0.330 e. The van der Waals surface area contributed by atoms with Crippen LogP contribution in [0, 0.1) is 11.6 Å². The van der Waals surface area contributed by atoms with E-state index in [0.29, 0.717) is 18.5 Å². The summed E-state index contributed by atoms with van der Waals surface area (Å²) in [6, 6.07) is 3.06. The highest BCUT2D eigenvalue weighted by Gasteiger charge is 2.40. The minimum atomic E-state index is -0.742. The third kappa shape index (κ3) is 1.63. The Bertz CT molecular complexity index is 392. The van der Waals surface area contributed by atoms with Gasteiger partial charge in [0.1, 0.15) is 0 Å². The van der Waals surface area contributed by atoms with Gasteiger partial charge >= 0.3 is 0 Å². The zero-order valence-corrected chi connectivity index (χ0v) is 9.52. The van der Waals surface area contributed by atoms with Crippen molar-refractivity contribution in [1.29, 1.82) is 0 Å². The molecule has 1 fully saturated rings. The molecule has 2 rings (SSSR count). The summed E-state index contributed by atoms with van der Waals surface area (Å²) in [7, 11) is 0. The second-order valence-electron chi connectivity index (χ2n) is 4.63. The average molecular weight is 225 g/mol. The molecule has 88 valence electrons. The topological polar surface area (TPSA) is 26.0 Å². The van der Waals surface area contributed by atoms with Crippen LogP contribution in [-0.4, -0.2) is 6.54 Å². The fourth-order valence-corrected chi connectivity index (χ4v) is 2.42. The Morgan fingerprint density at radius 2 is 2.00 bits per heavy atom. The molecule has 1 aromatic carbocycles. The van der Waals surface area contributed by atoms with Crippen LogP contribution in [0.25, 0.3) is 0 Å². The lowest BCUT2D eigenvalue weighted by molar-refractivity contribution is 0.242. The van der Waals surface area contributed by atoms with Gasteiger partial charge in [-0.25, -0.2) is 8.78 Å². The lowest BCUT2D eigenvalue weighted by atomic mass is 9.64. The molecule has 0 spiro atoms. The first-order valence-corrected chi connectivity index (χ1v) is 5.81. The van der Waals surface area contributed by atoms with Crippen LogP contribution in [0.2, 0.25) is 0 Å². The number of hydrogen-bond acceptors (Lipinski definition) is 1. The quantitative estimate of drug-likeness (QED) is 0.841. The molecule has 1 nitrogen and oxygen atoms in total. The van der Waals surface area contributed by atoms with Crippen molar-refractivity contribution in [2.24, 2.45) is 5.73 Å². The van der Waals surface area contributed by atoms with E-state index in [2.05, 4.69) is 0 Å². The molecule has 0 aromatic heterocycles. The van der Waals surface area contributed by atoms with Gasteiger partial charge in [0.05, 0.1) is 0 Å². The van der Waals surface area contributed by atoms with Crippen LogP contribution in [0.5, 0.6) is 0 Å². The van der Waals surface area contributed by atoms with Crippen LogP contribution in [0.15, 0.2) is 12.1 Å². The van der Waals surface area contributed by atoms with E-state index < -0.39 is 11.6 Å². The van der Waals surface area contributed by atoms with E-state index >= 15 is 0 Å². The highest BCUT2D eigenvalue weighted by atomic mass is 19.2. The molecule has 0 bridgehead atoms. The van der Waals surface area contributed by atoms with Crippen molar-refractivity contribution in [3.05, 3.63) is 34.9 Å². The molecule has 0 unspecified atom stereocenters. The summed E-state index contributed by atoms with van der Waals surface area (Å²) < 4.78 is 27.2. The Labute approximate surface area is 94.7 Å². The van der Waals surface area contributed by atoms with Gasteiger partial charge in [-0.05, 0) is 36.5 Å². The summed E-state index contributed by atoms with van der Waals surface area (Å²) in [5.74, 6) is -1.45. The molecule has 3 heteroatoms. The maximum absolute atomic E-state index is 13.8. The molecule has 1 saturated carbocycles. The normalized spacial score (nSPS) is 18.2. The zero-order valence-electron chi connectivity index (χ0n) is 9.52. The van der Waals surface area contributed by atoms with Crippen LogP contribution >= 0.6 is 0 Å².